The molecule has 1 aliphatic carbocycles. The van der Waals surface area contributed by atoms with Crippen molar-refractivity contribution in [3.63, 3.8) is 0 Å². The van der Waals surface area contributed by atoms with Crippen LogP contribution in [0.3, 0.4) is 0 Å². The van der Waals surface area contributed by atoms with Crippen molar-refractivity contribution >= 4 is 35.0 Å². The van der Waals surface area contributed by atoms with E-state index in [1.807, 2.05) is 0 Å². The lowest BCUT2D eigenvalue weighted by atomic mass is 9.84. The topological polar surface area (TPSA) is 130 Å². The summed E-state index contributed by atoms with van der Waals surface area (Å²) in [7, 11) is 0. The van der Waals surface area contributed by atoms with E-state index in [2.05, 4.69) is 15.3 Å². The third-order valence-electron chi connectivity index (χ3n) is 6.55. The molecule has 0 spiro atoms. The highest BCUT2D eigenvalue weighted by atomic mass is 35.5. The summed E-state index contributed by atoms with van der Waals surface area (Å²) in [6.45, 7) is 0.969. The molecule has 3 amide bonds. The monoisotopic (exact) mass is 509 g/mol. The second kappa shape index (κ2) is 10.7. The first kappa shape index (κ1) is 25.1. The Morgan fingerprint density at radius 2 is 1.89 bits per heavy atom. The number of benzene rings is 1. The SMILES string of the molecule is NC(=O)c1[nH]cnc1C(=O)N(CC1CCCO1)[C@H]1CC[C@H](C(=O)Nc2cc(F)c(F)cc2Cl)CC1. The maximum absolute atomic E-state index is 13.6. The van der Waals surface area contributed by atoms with E-state index in [1.165, 1.54) is 6.33 Å². The van der Waals surface area contributed by atoms with Crippen LogP contribution in [0.4, 0.5) is 14.5 Å². The van der Waals surface area contributed by atoms with Crippen molar-refractivity contribution in [2.45, 2.75) is 50.7 Å². The minimum atomic E-state index is -1.11. The lowest BCUT2D eigenvalue weighted by Crippen LogP contribution is -2.47. The molecule has 1 aromatic carbocycles. The zero-order chi connectivity index (χ0) is 25.1. The first-order valence-electron chi connectivity index (χ1n) is 11.5. The molecule has 1 aromatic heterocycles. The molecule has 1 saturated carbocycles. The summed E-state index contributed by atoms with van der Waals surface area (Å²) >= 11 is 5.93. The third-order valence-corrected chi connectivity index (χ3v) is 6.86. The number of hydrogen-bond acceptors (Lipinski definition) is 5. The van der Waals surface area contributed by atoms with Crippen molar-refractivity contribution in [1.29, 1.82) is 0 Å². The van der Waals surface area contributed by atoms with Gasteiger partial charge in [0.2, 0.25) is 5.91 Å². The smallest absolute Gasteiger partial charge is 0.275 e. The third kappa shape index (κ3) is 5.62. The number of carbonyl (C=O) groups excluding carboxylic acids is 3. The Hall–Kier alpha value is -3.05. The number of rotatable bonds is 7. The molecule has 0 radical (unpaired) electrons. The summed E-state index contributed by atoms with van der Waals surface area (Å²) in [4.78, 5) is 46.2. The molecule has 12 heteroatoms. The van der Waals surface area contributed by atoms with Gasteiger partial charge in [0.15, 0.2) is 17.3 Å². The van der Waals surface area contributed by atoms with Crippen LogP contribution in [-0.4, -0.2) is 57.9 Å². The predicted molar refractivity (Wildman–Crippen MR) is 123 cm³/mol. The van der Waals surface area contributed by atoms with Crippen LogP contribution < -0.4 is 11.1 Å². The highest BCUT2D eigenvalue weighted by molar-refractivity contribution is 6.33. The molecule has 1 unspecified atom stereocenters. The Morgan fingerprint density at radius 3 is 2.54 bits per heavy atom. The van der Waals surface area contributed by atoms with Crippen molar-refractivity contribution in [3.8, 4) is 0 Å². The summed E-state index contributed by atoms with van der Waals surface area (Å²) in [6, 6.07) is 1.47. The molecule has 35 heavy (non-hydrogen) atoms. The molecule has 4 rings (SSSR count). The van der Waals surface area contributed by atoms with E-state index in [9.17, 15) is 23.2 Å². The number of primary amides is 1. The number of anilines is 1. The van der Waals surface area contributed by atoms with Crippen LogP contribution in [0.1, 0.15) is 59.5 Å². The van der Waals surface area contributed by atoms with E-state index >= 15 is 0 Å². The molecule has 4 N–H and O–H groups in total. The Labute approximate surface area is 205 Å². The summed E-state index contributed by atoms with van der Waals surface area (Å²) in [5.74, 6) is -4.14. The number of imidazole rings is 1. The van der Waals surface area contributed by atoms with Gasteiger partial charge in [-0.1, -0.05) is 11.6 Å². The standard InChI is InChI=1S/C23H26ClF2N5O4/c24-15-8-16(25)17(26)9-18(15)30-22(33)12-3-5-13(6-4-12)31(10-14-2-1-7-35-14)23(34)20-19(21(27)32)28-11-29-20/h8-9,11-14H,1-7,10H2,(H2,27,32)(H,28,29)(H,30,33)/t12-,13-,14?. The number of aromatic nitrogens is 2. The van der Waals surface area contributed by atoms with Crippen molar-refractivity contribution in [2.75, 3.05) is 18.5 Å². The number of nitrogens with two attached hydrogens (primary N) is 1. The zero-order valence-electron chi connectivity index (χ0n) is 18.9. The lowest BCUT2D eigenvalue weighted by Gasteiger charge is -2.37. The van der Waals surface area contributed by atoms with E-state index in [1.54, 1.807) is 4.90 Å². The largest absolute Gasteiger partial charge is 0.376 e. The van der Waals surface area contributed by atoms with E-state index in [-0.39, 0.29) is 46.1 Å². The van der Waals surface area contributed by atoms with Gasteiger partial charge in [0.05, 0.1) is 23.1 Å². The average Bonchev–Trinajstić information content (AvgIpc) is 3.53. The number of aromatic amines is 1. The van der Waals surface area contributed by atoms with Crippen LogP contribution in [0.5, 0.6) is 0 Å². The Balaban J connectivity index is 1.44. The fourth-order valence-corrected chi connectivity index (χ4v) is 4.89. The fraction of sp³-hybridized carbons (Fsp3) is 0.478. The van der Waals surface area contributed by atoms with E-state index in [0.29, 0.717) is 38.8 Å². The number of ether oxygens (including phenoxy) is 1. The van der Waals surface area contributed by atoms with Crippen LogP contribution in [0.15, 0.2) is 18.5 Å². The second-order valence-electron chi connectivity index (χ2n) is 8.82. The van der Waals surface area contributed by atoms with E-state index in [0.717, 1.165) is 25.0 Å². The molecule has 2 aliphatic rings. The van der Waals surface area contributed by atoms with Gasteiger partial charge in [-0.05, 0) is 44.6 Å². The molecular weight excluding hydrogens is 484 g/mol. The molecule has 1 atom stereocenters. The molecule has 188 valence electrons. The van der Waals surface area contributed by atoms with Crippen LogP contribution in [-0.2, 0) is 9.53 Å². The van der Waals surface area contributed by atoms with Gasteiger partial charge in [0.25, 0.3) is 11.8 Å². The van der Waals surface area contributed by atoms with Crippen LogP contribution in [0.25, 0.3) is 0 Å². The van der Waals surface area contributed by atoms with Crippen molar-refractivity contribution in [3.05, 3.63) is 46.5 Å². The summed E-state index contributed by atoms with van der Waals surface area (Å²) in [6.07, 6.45) is 4.85. The van der Waals surface area contributed by atoms with E-state index < -0.39 is 23.4 Å². The first-order chi connectivity index (χ1) is 16.7. The molecule has 2 heterocycles. The van der Waals surface area contributed by atoms with Crippen molar-refractivity contribution < 1.29 is 27.9 Å². The number of nitrogens with zero attached hydrogens (tertiary/aromatic N) is 2. The number of nitrogens with one attached hydrogen (secondary N) is 2. The molecule has 1 aliphatic heterocycles. The van der Waals surface area contributed by atoms with Gasteiger partial charge in [0.1, 0.15) is 5.69 Å². The van der Waals surface area contributed by atoms with Gasteiger partial charge in [-0.25, -0.2) is 13.8 Å². The molecule has 0 bridgehead atoms. The minimum Gasteiger partial charge on any atom is -0.376 e. The van der Waals surface area contributed by atoms with Crippen molar-refractivity contribution in [1.82, 2.24) is 14.9 Å². The summed E-state index contributed by atoms with van der Waals surface area (Å²) in [5.41, 5.74) is 5.29. The highest BCUT2D eigenvalue weighted by Gasteiger charge is 2.36. The molecule has 2 fully saturated rings. The molecular formula is C23H26ClF2N5O4. The number of carbonyl (C=O) groups is 3. The average molecular weight is 510 g/mol. The normalized spacial score (nSPS) is 22.1. The van der Waals surface area contributed by atoms with Gasteiger partial charge in [-0.2, -0.15) is 0 Å². The molecule has 9 nitrogen and oxygen atoms in total. The maximum Gasteiger partial charge on any atom is 0.275 e. The van der Waals surface area contributed by atoms with Crippen LogP contribution in [0.2, 0.25) is 5.02 Å². The van der Waals surface area contributed by atoms with Gasteiger partial charge >= 0.3 is 0 Å². The Kier molecular flexibility index (Phi) is 7.66. The van der Waals surface area contributed by atoms with E-state index in [4.69, 9.17) is 22.1 Å². The predicted octanol–water partition coefficient (Wildman–Crippen LogP) is 3.26. The number of amides is 3. The zero-order valence-corrected chi connectivity index (χ0v) is 19.6. The maximum atomic E-state index is 13.6. The van der Waals surface area contributed by atoms with Gasteiger partial charge in [-0.3, -0.25) is 14.4 Å². The van der Waals surface area contributed by atoms with Gasteiger partial charge in [-0.15, -0.1) is 0 Å². The molecule has 1 saturated heterocycles. The number of halogens is 3. The quantitative estimate of drug-likeness (QED) is 0.493. The summed E-state index contributed by atoms with van der Waals surface area (Å²) < 4.78 is 32.6. The first-order valence-corrected chi connectivity index (χ1v) is 11.8. The summed E-state index contributed by atoms with van der Waals surface area (Å²) in [5, 5.41) is 2.48. The lowest BCUT2D eigenvalue weighted by molar-refractivity contribution is -0.121. The Morgan fingerprint density at radius 1 is 1.17 bits per heavy atom. The molecule has 2 aromatic rings. The number of H-pyrrole nitrogens is 1. The van der Waals surface area contributed by atoms with Crippen LogP contribution in [0, 0.1) is 17.6 Å². The second-order valence-corrected chi connectivity index (χ2v) is 9.23. The highest BCUT2D eigenvalue weighted by Crippen LogP contribution is 2.32. The Bertz CT molecular complexity index is 1110. The number of hydrogen-bond donors (Lipinski definition) is 3. The van der Waals surface area contributed by atoms with Gasteiger partial charge in [0, 0.05) is 31.2 Å². The van der Waals surface area contributed by atoms with Crippen LogP contribution >= 0.6 is 11.6 Å². The fourth-order valence-electron chi connectivity index (χ4n) is 4.69. The van der Waals surface area contributed by atoms with Gasteiger partial charge < -0.3 is 25.7 Å². The minimum absolute atomic E-state index is 0.00499. The van der Waals surface area contributed by atoms with Crippen molar-refractivity contribution in [2.24, 2.45) is 11.7 Å².